The lowest BCUT2D eigenvalue weighted by molar-refractivity contribution is -0.137. The largest absolute Gasteiger partial charge is 0.493 e. The smallest absolute Gasteiger partial charge is 0.416 e. The number of benzene rings is 3. The molecule has 188 valence electrons. The van der Waals surface area contributed by atoms with E-state index in [4.69, 9.17) is 9.47 Å². The number of alkyl halides is 3. The zero-order valence-corrected chi connectivity index (χ0v) is 19.6. The number of ether oxygens (including phenoxy) is 2. The van der Waals surface area contributed by atoms with Crippen LogP contribution >= 0.6 is 0 Å². The fraction of sp³-hybridized carbons (Fsp3) is 0.192. The van der Waals surface area contributed by atoms with Crippen LogP contribution in [-0.4, -0.2) is 25.1 Å². The molecule has 0 atom stereocenters. The van der Waals surface area contributed by atoms with E-state index in [-0.39, 0.29) is 5.69 Å². The number of hydrazone groups is 1. The third-order valence-electron chi connectivity index (χ3n) is 4.90. The van der Waals surface area contributed by atoms with Gasteiger partial charge in [-0.3, -0.25) is 9.59 Å². The molecule has 3 rings (SSSR count). The SMILES string of the molecule is COc1cc(C=NNC(=O)CC(=O)Nc2cccc(C(F)(F)F)c2)ccc1OCc1ccc(C)cc1. The summed E-state index contributed by atoms with van der Waals surface area (Å²) in [5, 5.41) is 6.06. The molecule has 0 aliphatic carbocycles. The Morgan fingerprint density at radius 2 is 1.72 bits per heavy atom. The van der Waals surface area contributed by atoms with Crippen molar-refractivity contribution in [1.29, 1.82) is 0 Å². The minimum atomic E-state index is -4.54. The van der Waals surface area contributed by atoms with Crippen molar-refractivity contribution < 1.29 is 32.2 Å². The molecular weight excluding hydrogens is 475 g/mol. The van der Waals surface area contributed by atoms with Gasteiger partial charge in [-0.15, -0.1) is 0 Å². The van der Waals surface area contributed by atoms with Crippen molar-refractivity contribution in [3.63, 3.8) is 0 Å². The molecular formula is C26H24F3N3O4. The number of hydrogen-bond donors (Lipinski definition) is 2. The number of nitrogens with zero attached hydrogens (tertiary/aromatic N) is 1. The number of methoxy groups -OCH3 is 1. The first-order chi connectivity index (χ1) is 17.1. The normalized spacial score (nSPS) is 11.2. The lowest BCUT2D eigenvalue weighted by Crippen LogP contribution is -2.24. The van der Waals surface area contributed by atoms with Crippen LogP contribution in [0.4, 0.5) is 18.9 Å². The molecule has 0 spiro atoms. The van der Waals surface area contributed by atoms with E-state index in [2.05, 4.69) is 15.8 Å². The molecule has 0 unspecified atom stereocenters. The second kappa shape index (κ2) is 11.9. The van der Waals surface area contributed by atoms with Crippen LogP contribution in [0.25, 0.3) is 0 Å². The number of rotatable bonds is 9. The molecule has 3 aromatic carbocycles. The first-order valence-electron chi connectivity index (χ1n) is 10.8. The van der Waals surface area contributed by atoms with Gasteiger partial charge in [0.15, 0.2) is 11.5 Å². The minimum absolute atomic E-state index is 0.0668. The highest BCUT2D eigenvalue weighted by Crippen LogP contribution is 2.31. The van der Waals surface area contributed by atoms with Crippen LogP contribution in [0.2, 0.25) is 0 Å². The van der Waals surface area contributed by atoms with E-state index in [9.17, 15) is 22.8 Å². The monoisotopic (exact) mass is 499 g/mol. The van der Waals surface area contributed by atoms with Crippen molar-refractivity contribution in [1.82, 2.24) is 5.43 Å². The zero-order valence-electron chi connectivity index (χ0n) is 19.6. The average molecular weight is 499 g/mol. The van der Waals surface area contributed by atoms with E-state index >= 15 is 0 Å². The summed E-state index contributed by atoms with van der Waals surface area (Å²) in [6.45, 7) is 2.37. The van der Waals surface area contributed by atoms with E-state index in [1.165, 1.54) is 19.4 Å². The topological polar surface area (TPSA) is 89.0 Å². The Labute approximate surface area is 205 Å². The predicted octanol–water partition coefficient (Wildman–Crippen LogP) is 5.08. The van der Waals surface area contributed by atoms with Crippen LogP contribution in [-0.2, 0) is 22.4 Å². The van der Waals surface area contributed by atoms with Gasteiger partial charge < -0.3 is 14.8 Å². The molecule has 36 heavy (non-hydrogen) atoms. The molecule has 2 amide bonds. The van der Waals surface area contributed by atoms with E-state index < -0.39 is 30.0 Å². The first kappa shape index (κ1) is 26.3. The lowest BCUT2D eigenvalue weighted by Gasteiger charge is -2.11. The Morgan fingerprint density at radius 3 is 2.42 bits per heavy atom. The number of anilines is 1. The molecule has 10 heteroatoms. The summed E-state index contributed by atoms with van der Waals surface area (Å²) in [6, 6.07) is 17.2. The van der Waals surface area contributed by atoms with E-state index in [0.29, 0.717) is 23.7 Å². The standard InChI is InChI=1S/C26H24F3N3O4/c1-17-6-8-18(9-7-17)16-36-22-11-10-19(12-23(22)35-2)15-30-32-25(34)14-24(33)31-21-5-3-4-20(13-21)26(27,28)29/h3-13,15H,14,16H2,1-2H3,(H,31,33)(H,32,34). The van der Waals surface area contributed by atoms with Crippen molar-refractivity contribution in [2.24, 2.45) is 5.10 Å². The molecule has 3 aromatic rings. The maximum atomic E-state index is 12.8. The van der Waals surface area contributed by atoms with Crippen molar-refractivity contribution >= 4 is 23.7 Å². The van der Waals surface area contributed by atoms with Crippen LogP contribution in [0.3, 0.4) is 0 Å². The van der Waals surface area contributed by atoms with Crippen LogP contribution < -0.4 is 20.2 Å². The van der Waals surface area contributed by atoms with Gasteiger partial charge in [0.05, 0.1) is 18.9 Å². The summed E-state index contributed by atoms with van der Waals surface area (Å²) in [7, 11) is 1.50. The fourth-order valence-electron chi connectivity index (χ4n) is 3.07. The van der Waals surface area contributed by atoms with Crippen molar-refractivity contribution in [2.75, 3.05) is 12.4 Å². The first-order valence-corrected chi connectivity index (χ1v) is 10.8. The van der Waals surface area contributed by atoms with Gasteiger partial charge in [0.1, 0.15) is 13.0 Å². The van der Waals surface area contributed by atoms with Crippen molar-refractivity contribution in [3.8, 4) is 11.5 Å². The summed E-state index contributed by atoms with van der Waals surface area (Å²) in [5.74, 6) is -0.511. The molecule has 0 saturated heterocycles. The number of carbonyl (C=O) groups excluding carboxylic acids is 2. The quantitative estimate of drug-likeness (QED) is 0.244. The zero-order chi connectivity index (χ0) is 26.1. The van der Waals surface area contributed by atoms with Gasteiger partial charge in [-0.1, -0.05) is 35.9 Å². The fourth-order valence-corrected chi connectivity index (χ4v) is 3.07. The number of nitrogens with one attached hydrogen (secondary N) is 2. The third kappa shape index (κ3) is 7.86. The Balaban J connectivity index is 1.51. The molecule has 7 nitrogen and oxygen atoms in total. The summed E-state index contributed by atoms with van der Waals surface area (Å²) < 4.78 is 49.5. The van der Waals surface area contributed by atoms with Gasteiger partial charge in [0.25, 0.3) is 0 Å². The minimum Gasteiger partial charge on any atom is -0.493 e. The highest BCUT2D eigenvalue weighted by molar-refractivity contribution is 6.03. The summed E-state index contributed by atoms with van der Waals surface area (Å²) in [4.78, 5) is 24.0. The van der Waals surface area contributed by atoms with Gasteiger partial charge in [-0.25, -0.2) is 5.43 Å². The molecule has 0 heterocycles. The van der Waals surface area contributed by atoms with Gasteiger partial charge in [-0.2, -0.15) is 18.3 Å². The van der Waals surface area contributed by atoms with Gasteiger partial charge >= 0.3 is 6.18 Å². The molecule has 0 bridgehead atoms. The van der Waals surface area contributed by atoms with Crippen LogP contribution in [0.15, 0.2) is 71.8 Å². The van der Waals surface area contributed by atoms with Gasteiger partial charge in [-0.05, 0) is 54.4 Å². The van der Waals surface area contributed by atoms with Crippen LogP contribution in [0.1, 0.15) is 28.7 Å². The predicted molar refractivity (Wildman–Crippen MR) is 129 cm³/mol. The second-order valence-electron chi connectivity index (χ2n) is 7.78. The molecule has 0 fully saturated rings. The summed E-state index contributed by atoms with van der Waals surface area (Å²) in [6.07, 6.45) is -3.81. The Kier molecular flexibility index (Phi) is 8.66. The highest BCUT2D eigenvalue weighted by Gasteiger charge is 2.30. The molecule has 2 N–H and O–H groups in total. The number of hydrogen-bond acceptors (Lipinski definition) is 5. The van der Waals surface area contributed by atoms with E-state index in [1.54, 1.807) is 18.2 Å². The molecule has 0 aromatic heterocycles. The summed E-state index contributed by atoms with van der Waals surface area (Å²) in [5.41, 5.74) is 4.00. The molecule has 0 aliphatic rings. The van der Waals surface area contributed by atoms with Crippen molar-refractivity contribution in [2.45, 2.75) is 26.1 Å². The summed E-state index contributed by atoms with van der Waals surface area (Å²) >= 11 is 0. The van der Waals surface area contributed by atoms with Crippen LogP contribution in [0, 0.1) is 6.92 Å². The Bertz CT molecular complexity index is 1240. The Morgan fingerprint density at radius 1 is 0.972 bits per heavy atom. The maximum Gasteiger partial charge on any atom is 0.416 e. The average Bonchev–Trinajstić information content (AvgIpc) is 2.83. The van der Waals surface area contributed by atoms with Crippen LogP contribution in [0.5, 0.6) is 11.5 Å². The second-order valence-corrected chi connectivity index (χ2v) is 7.78. The molecule has 0 radical (unpaired) electrons. The number of amides is 2. The van der Waals surface area contributed by atoms with Gasteiger partial charge in [0.2, 0.25) is 11.8 Å². The van der Waals surface area contributed by atoms with E-state index in [0.717, 1.165) is 29.3 Å². The lowest BCUT2D eigenvalue weighted by atomic mass is 10.2. The third-order valence-corrected chi connectivity index (χ3v) is 4.90. The Hall–Kier alpha value is -4.34. The number of carbonyl (C=O) groups is 2. The van der Waals surface area contributed by atoms with E-state index in [1.807, 2.05) is 31.2 Å². The van der Waals surface area contributed by atoms with Crippen molar-refractivity contribution in [3.05, 3.63) is 89.0 Å². The molecule has 0 saturated carbocycles. The maximum absolute atomic E-state index is 12.8. The number of aryl methyl sites for hydroxylation is 1. The molecule has 0 aliphatic heterocycles. The highest BCUT2D eigenvalue weighted by atomic mass is 19.4. The number of halogens is 3. The van der Waals surface area contributed by atoms with Gasteiger partial charge in [0, 0.05) is 5.69 Å².